The molecule has 29 heavy (non-hydrogen) atoms. The smallest absolute Gasteiger partial charge is 0.410 e. The number of piperidine rings is 1. The zero-order chi connectivity index (χ0) is 20.7. The monoisotopic (exact) mass is 520 g/mol. The van der Waals surface area contributed by atoms with Gasteiger partial charge >= 0.3 is 6.09 Å². The average molecular weight is 520 g/mol. The lowest BCUT2D eigenvalue weighted by atomic mass is 9.97. The number of halogens is 2. The van der Waals surface area contributed by atoms with Crippen LogP contribution in [-0.4, -0.2) is 61.2 Å². The van der Waals surface area contributed by atoms with E-state index in [-0.39, 0.29) is 35.9 Å². The molecule has 1 heterocycles. The number of guanidine groups is 1. The Labute approximate surface area is 190 Å². The van der Waals surface area contributed by atoms with Crippen molar-refractivity contribution in [3.63, 3.8) is 0 Å². The molecular weight excluding hydrogens is 486 g/mol. The van der Waals surface area contributed by atoms with Crippen LogP contribution < -0.4 is 5.32 Å². The van der Waals surface area contributed by atoms with E-state index < -0.39 is 5.60 Å². The van der Waals surface area contributed by atoms with E-state index in [9.17, 15) is 9.18 Å². The molecule has 0 bridgehead atoms. The molecule has 1 fully saturated rings. The second-order valence-corrected chi connectivity index (χ2v) is 8.32. The van der Waals surface area contributed by atoms with E-state index in [1.165, 1.54) is 12.1 Å². The summed E-state index contributed by atoms with van der Waals surface area (Å²) >= 11 is 0. The maximum atomic E-state index is 13.4. The van der Waals surface area contributed by atoms with Gasteiger partial charge in [0.25, 0.3) is 0 Å². The predicted molar refractivity (Wildman–Crippen MR) is 125 cm³/mol. The number of likely N-dealkylation sites (tertiary alicyclic amines) is 1. The fraction of sp³-hybridized carbons (Fsp3) is 0.619. The van der Waals surface area contributed by atoms with E-state index >= 15 is 0 Å². The lowest BCUT2D eigenvalue weighted by Crippen LogP contribution is -2.45. The number of rotatable bonds is 4. The van der Waals surface area contributed by atoms with E-state index in [1.807, 2.05) is 38.8 Å². The minimum atomic E-state index is -0.464. The molecule has 1 amide bonds. The van der Waals surface area contributed by atoms with Crippen LogP contribution in [0.1, 0.15) is 39.2 Å². The standard InChI is InChI=1S/C21H33FN4O2.HI/c1-21(2,3)28-20(27)26-11-9-16(10-12-26)14-24-19(23-4)25(5)15-17-7-6-8-18(22)13-17;/h6-8,13,16H,9-12,14-15H2,1-5H3,(H,23,24);1H. The van der Waals surface area contributed by atoms with Crippen LogP contribution in [0.3, 0.4) is 0 Å². The zero-order valence-corrected chi connectivity index (χ0v) is 20.4. The molecule has 8 heteroatoms. The Morgan fingerprint density at radius 1 is 1.34 bits per heavy atom. The topological polar surface area (TPSA) is 57.2 Å². The number of carbonyl (C=O) groups is 1. The normalized spacial score (nSPS) is 15.5. The second-order valence-electron chi connectivity index (χ2n) is 8.32. The SMILES string of the molecule is CN=C(NCC1CCN(C(=O)OC(C)(C)C)CC1)N(C)Cc1cccc(F)c1.I. The van der Waals surface area contributed by atoms with Crippen molar-refractivity contribution in [2.24, 2.45) is 10.9 Å². The van der Waals surface area contributed by atoms with Crippen LogP contribution in [0.2, 0.25) is 0 Å². The highest BCUT2D eigenvalue weighted by Gasteiger charge is 2.27. The van der Waals surface area contributed by atoms with Crippen LogP contribution in [0.5, 0.6) is 0 Å². The van der Waals surface area contributed by atoms with Crippen LogP contribution >= 0.6 is 24.0 Å². The van der Waals surface area contributed by atoms with E-state index in [0.29, 0.717) is 25.6 Å². The molecule has 1 aromatic rings. The van der Waals surface area contributed by atoms with Crippen molar-refractivity contribution in [2.45, 2.75) is 45.8 Å². The lowest BCUT2D eigenvalue weighted by molar-refractivity contribution is 0.0185. The molecule has 2 rings (SSSR count). The van der Waals surface area contributed by atoms with Gasteiger partial charge in [-0.15, -0.1) is 24.0 Å². The third kappa shape index (κ3) is 8.76. The lowest BCUT2D eigenvalue weighted by Gasteiger charge is -2.34. The Kier molecular flexibility index (Phi) is 10.2. The molecule has 0 atom stereocenters. The van der Waals surface area contributed by atoms with E-state index in [0.717, 1.165) is 30.9 Å². The Bertz CT molecular complexity index is 686. The number of carbonyl (C=O) groups excluding carboxylic acids is 1. The zero-order valence-electron chi connectivity index (χ0n) is 18.1. The fourth-order valence-electron chi connectivity index (χ4n) is 3.25. The first kappa shape index (κ1) is 25.5. The molecule has 1 aliphatic rings. The van der Waals surface area contributed by atoms with Gasteiger partial charge in [0.05, 0.1) is 0 Å². The minimum absolute atomic E-state index is 0. The number of benzene rings is 1. The van der Waals surface area contributed by atoms with Crippen molar-refractivity contribution >= 4 is 36.0 Å². The summed E-state index contributed by atoms with van der Waals surface area (Å²) in [5, 5.41) is 3.40. The number of hydrogen-bond donors (Lipinski definition) is 1. The van der Waals surface area contributed by atoms with Gasteiger partial charge in [-0.2, -0.15) is 0 Å². The van der Waals surface area contributed by atoms with Crippen LogP contribution in [0.25, 0.3) is 0 Å². The summed E-state index contributed by atoms with van der Waals surface area (Å²) in [6.07, 6.45) is 1.62. The van der Waals surface area contributed by atoms with Crippen LogP contribution in [0.4, 0.5) is 9.18 Å². The molecule has 1 N–H and O–H groups in total. The summed E-state index contributed by atoms with van der Waals surface area (Å²) in [4.78, 5) is 20.2. The van der Waals surface area contributed by atoms with Crippen molar-refractivity contribution in [1.82, 2.24) is 15.1 Å². The van der Waals surface area contributed by atoms with Crippen LogP contribution in [0, 0.1) is 11.7 Å². The third-order valence-corrected chi connectivity index (χ3v) is 4.70. The molecule has 164 valence electrons. The van der Waals surface area contributed by atoms with Crippen molar-refractivity contribution < 1.29 is 13.9 Å². The van der Waals surface area contributed by atoms with Gasteiger partial charge < -0.3 is 19.9 Å². The first-order chi connectivity index (χ1) is 13.2. The van der Waals surface area contributed by atoms with Gasteiger partial charge in [-0.25, -0.2) is 9.18 Å². The van der Waals surface area contributed by atoms with Crippen molar-refractivity contribution in [2.75, 3.05) is 33.7 Å². The Hall–Kier alpha value is -1.58. The predicted octanol–water partition coefficient (Wildman–Crippen LogP) is 4.10. The summed E-state index contributed by atoms with van der Waals surface area (Å²) < 4.78 is 18.8. The molecule has 0 aromatic heterocycles. The maximum absolute atomic E-state index is 13.4. The molecule has 1 saturated heterocycles. The largest absolute Gasteiger partial charge is 0.444 e. The van der Waals surface area contributed by atoms with Crippen molar-refractivity contribution in [3.8, 4) is 0 Å². The number of nitrogens with one attached hydrogen (secondary N) is 1. The number of hydrogen-bond acceptors (Lipinski definition) is 3. The average Bonchev–Trinajstić information content (AvgIpc) is 2.61. The highest BCUT2D eigenvalue weighted by atomic mass is 127. The van der Waals surface area contributed by atoms with E-state index in [2.05, 4.69) is 10.3 Å². The van der Waals surface area contributed by atoms with Gasteiger partial charge in [-0.05, 0) is 57.2 Å². The first-order valence-electron chi connectivity index (χ1n) is 9.82. The molecular formula is C21H34FIN4O2. The van der Waals surface area contributed by atoms with Crippen LogP contribution in [-0.2, 0) is 11.3 Å². The van der Waals surface area contributed by atoms with Crippen LogP contribution in [0.15, 0.2) is 29.3 Å². The molecule has 0 aliphatic carbocycles. The van der Waals surface area contributed by atoms with Gasteiger partial charge in [-0.1, -0.05) is 12.1 Å². The van der Waals surface area contributed by atoms with E-state index in [4.69, 9.17) is 4.74 Å². The molecule has 0 radical (unpaired) electrons. The summed E-state index contributed by atoms with van der Waals surface area (Å²) in [6.45, 7) is 8.43. The highest BCUT2D eigenvalue weighted by Crippen LogP contribution is 2.19. The summed E-state index contributed by atoms with van der Waals surface area (Å²) in [5.74, 6) is 1.02. The van der Waals surface area contributed by atoms with Crippen molar-refractivity contribution in [3.05, 3.63) is 35.6 Å². The highest BCUT2D eigenvalue weighted by molar-refractivity contribution is 14.0. The molecule has 6 nitrogen and oxygen atoms in total. The first-order valence-corrected chi connectivity index (χ1v) is 9.82. The molecule has 1 aromatic carbocycles. The third-order valence-electron chi connectivity index (χ3n) is 4.70. The summed E-state index contributed by atoms with van der Waals surface area (Å²) in [6, 6.07) is 6.60. The van der Waals surface area contributed by atoms with Gasteiger partial charge in [0.15, 0.2) is 5.96 Å². The maximum Gasteiger partial charge on any atom is 0.410 e. The van der Waals surface area contributed by atoms with Gasteiger partial charge in [0.1, 0.15) is 11.4 Å². The number of aliphatic imine (C=N–C) groups is 1. The molecule has 0 unspecified atom stereocenters. The van der Waals surface area contributed by atoms with Gasteiger partial charge in [0.2, 0.25) is 0 Å². The fourth-order valence-corrected chi connectivity index (χ4v) is 3.25. The second kappa shape index (κ2) is 11.6. The van der Waals surface area contributed by atoms with Gasteiger partial charge in [0, 0.05) is 40.3 Å². The quantitative estimate of drug-likeness (QED) is 0.369. The number of amides is 1. The Balaban J connectivity index is 0.00000420. The summed E-state index contributed by atoms with van der Waals surface area (Å²) in [5.41, 5.74) is 0.435. The van der Waals surface area contributed by atoms with Crippen molar-refractivity contribution in [1.29, 1.82) is 0 Å². The minimum Gasteiger partial charge on any atom is -0.444 e. The number of ether oxygens (including phenoxy) is 1. The van der Waals surface area contributed by atoms with E-state index in [1.54, 1.807) is 18.0 Å². The molecule has 1 aliphatic heterocycles. The van der Waals surface area contributed by atoms with Gasteiger partial charge in [-0.3, -0.25) is 4.99 Å². The molecule has 0 saturated carbocycles. The Morgan fingerprint density at radius 2 is 2.00 bits per heavy atom. The summed E-state index contributed by atoms with van der Waals surface area (Å²) in [7, 11) is 3.68. The Morgan fingerprint density at radius 3 is 2.55 bits per heavy atom. The number of nitrogens with zero attached hydrogens (tertiary/aromatic N) is 3. The molecule has 0 spiro atoms.